The van der Waals surface area contributed by atoms with Crippen molar-refractivity contribution < 1.29 is 14.5 Å². The third kappa shape index (κ3) is 6.07. The van der Waals surface area contributed by atoms with Gasteiger partial charge in [0.15, 0.2) is 6.54 Å². The summed E-state index contributed by atoms with van der Waals surface area (Å²) in [6.07, 6.45) is 0. The second-order valence-corrected chi connectivity index (χ2v) is 7.42. The fraction of sp³-hybridized carbons (Fsp3) is 0.294. The number of halogens is 1. The van der Waals surface area contributed by atoms with Crippen molar-refractivity contribution in [2.75, 3.05) is 25.5 Å². The normalized spacial score (nSPS) is 11.8. The Bertz CT molecular complexity index is 704. The molecule has 1 aromatic carbocycles. The molecule has 0 radical (unpaired) electrons. The number of likely N-dealkylation sites (N-methyl/N-ethyl adjacent to an activating group) is 1. The van der Waals surface area contributed by atoms with E-state index in [4.69, 9.17) is 0 Å². The van der Waals surface area contributed by atoms with Crippen LogP contribution in [0.25, 0.3) is 0 Å². The molecule has 0 saturated carbocycles. The van der Waals surface area contributed by atoms with Crippen LogP contribution in [0.2, 0.25) is 0 Å². The molecule has 2 aromatic rings. The first kappa shape index (κ1) is 18.6. The van der Waals surface area contributed by atoms with E-state index in [0.29, 0.717) is 6.54 Å². The number of rotatable bonds is 7. The Morgan fingerprint density at radius 2 is 2.04 bits per heavy atom. The van der Waals surface area contributed by atoms with Crippen LogP contribution >= 0.6 is 27.3 Å². The average Bonchev–Trinajstić information content (AvgIpc) is 3.01. The van der Waals surface area contributed by atoms with Gasteiger partial charge < -0.3 is 15.5 Å². The number of carbonyl (C=O) groups excluding carboxylic acids is 2. The molecular formula is C17H21BrN3O2S+. The van der Waals surface area contributed by atoms with E-state index in [9.17, 15) is 9.59 Å². The largest absolute Gasteiger partial charge is 0.342 e. The molecule has 1 aromatic heterocycles. The van der Waals surface area contributed by atoms with E-state index in [1.165, 1.54) is 5.56 Å². The van der Waals surface area contributed by atoms with Crippen LogP contribution in [0.4, 0.5) is 5.69 Å². The van der Waals surface area contributed by atoms with Crippen LogP contribution in [0.15, 0.2) is 39.5 Å². The monoisotopic (exact) mass is 410 g/mol. The van der Waals surface area contributed by atoms with Crippen LogP contribution in [0.3, 0.4) is 0 Å². The summed E-state index contributed by atoms with van der Waals surface area (Å²) in [6.45, 7) is 3.02. The van der Waals surface area contributed by atoms with Gasteiger partial charge in [-0.1, -0.05) is 15.9 Å². The third-order valence-corrected chi connectivity index (χ3v) is 4.68. The SMILES string of the molecule is Cc1cc(Br)ccc1NC(=O)CNC(=O)C[NH+](C)Cc1ccsc1. The Morgan fingerprint density at radius 1 is 1.25 bits per heavy atom. The molecule has 1 unspecified atom stereocenters. The Balaban J connectivity index is 1.73. The topological polar surface area (TPSA) is 62.6 Å². The van der Waals surface area contributed by atoms with E-state index < -0.39 is 0 Å². The van der Waals surface area contributed by atoms with Crippen molar-refractivity contribution in [1.29, 1.82) is 0 Å². The maximum atomic E-state index is 12.0. The molecule has 0 saturated heterocycles. The van der Waals surface area contributed by atoms with Crippen molar-refractivity contribution in [2.45, 2.75) is 13.5 Å². The number of benzene rings is 1. The first-order valence-corrected chi connectivity index (χ1v) is 9.32. The van der Waals surface area contributed by atoms with E-state index in [1.54, 1.807) is 11.3 Å². The average molecular weight is 411 g/mol. The minimum atomic E-state index is -0.232. The predicted molar refractivity (Wildman–Crippen MR) is 100 cm³/mol. The van der Waals surface area contributed by atoms with Gasteiger partial charge >= 0.3 is 0 Å². The summed E-state index contributed by atoms with van der Waals surface area (Å²) in [5.74, 6) is -0.366. The molecule has 0 bridgehead atoms. The van der Waals surface area contributed by atoms with E-state index >= 15 is 0 Å². The van der Waals surface area contributed by atoms with Crippen molar-refractivity contribution in [3.63, 3.8) is 0 Å². The molecule has 0 aliphatic heterocycles. The lowest BCUT2D eigenvalue weighted by Crippen LogP contribution is -3.08. The second-order valence-electron chi connectivity index (χ2n) is 5.73. The van der Waals surface area contributed by atoms with E-state index in [1.807, 2.05) is 37.6 Å². The zero-order valence-corrected chi connectivity index (χ0v) is 16.1. The lowest BCUT2D eigenvalue weighted by molar-refractivity contribution is -0.885. The van der Waals surface area contributed by atoms with Gasteiger partial charge in [-0.15, -0.1) is 0 Å². The highest BCUT2D eigenvalue weighted by Gasteiger charge is 2.12. The third-order valence-electron chi connectivity index (χ3n) is 3.46. The van der Waals surface area contributed by atoms with E-state index in [0.717, 1.165) is 27.2 Å². The zero-order valence-electron chi connectivity index (χ0n) is 13.7. The van der Waals surface area contributed by atoms with Crippen LogP contribution in [0.5, 0.6) is 0 Å². The molecule has 0 fully saturated rings. The van der Waals surface area contributed by atoms with Gasteiger partial charge in [0, 0.05) is 15.7 Å². The molecule has 128 valence electrons. The van der Waals surface area contributed by atoms with Crippen LogP contribution < -0.4 is 15.5 Å². The first-order valence-electron chi connectivity index (χ1n) is 7.59. The number of hydrogen-bond acceptors (Lipinski definition) is 3. The van der Waals surface area contributed by atoms with Crippen LogP contribution in [-0.2, 0) is 16.1 Å². The highest BCUT2D eigenvalue weighted by Crippen LogP contribution is 2.19. The van der Waals surface area contributed by atoms with Gasteiger partial charge in [-0.2, -0.15) is 11.3 Å². The summed E-state index contributed by atoms with van der Waals surface area (Å²) in [5.41, 5.74) is 2.93. The van der Waals surface area contributed by atoms with E-state index in [-0.39, 0.29) is 18.4 Å². The molecule has 0 spiro atoms. The standard InChI is InChI=1S/C17H20BrN3O2S/c1-12-7-14(18)3-4-15(12)20-16(22)8-19-17(23)10-21(2)9-13-5-6-24-11-13/h3-7,11H,8-10H2,1-2H3,(H,19,23)(H,20,22)/p+1. The van der Waals surface area contributed by atoms with Crippen molar-refractivity contribution in [2.24, 2.45) is 0 Å². The van der Waals surface area contributed by atoms with Crippen molar-refractivity contribution in [1.82, 2.24) is 5.32 Å². The molecule has 3 N–H and O–H groups in total. The summed E-state index contributed by atoms with van der Waals surface area (Å²) < 4.78 is 0.961. The van der Waals surface area contributed by atoms with Gasteiger partial charge in [0.1, 0.15) is 6.54 Å². The predicted octanol–water partition coefficient (Wildman–Crippen LogP) is 1.59. The number of anilines is 1. The maximum absolute atomic E-state index is 12.0. The number of thiophene rings is 1. The van der Waals surface area contributed by atoms with Crippen LogP contribution in [0, 0.1) is 6.92 Å². The number of hydrogen-bond donors (Lipinski definition) is 3. The molecule has 2 amide bonds. The lowest BCUT2D eigenvalue weighted by Gasteiger charge is -2.13. The van der Waals surface area contributed by atoms with Gasteiger partial charge in [-0.05, 0) is 47.5 Å². The Kier molecular flexibility index (Phi) is 6.96. The summed E-state index contributed by atoms with van der Waals surface area (Å²) >= 11 is 5.03. The molecule has 0 aliphatic carbocycles. The summed E-state index contributed by atoms with van der Waals surface area (Å²) in [4.78, 5) is 25.0. The summed E-state index contributed by atoms with van der Waals surface area (Å²) in [6, 6.07) is 7.68. The fourth-order valence-electron chi connectivity index (χ4n) is 2.28. The second kappa shape index (κ2) is 8.96. The maximum Gasteiger partial charge on any atom is 0.275 e. The molecular weight excluding hydrogens is 390 g/mol. The fourth-order valence-corrected chi connectivity index (χ4v) is 3.43. The van der Waals surface area contributed by atoms with Gasteiger partial charge in [0.05, 0.1) is 13.6 Å². The summed E-state index contributed by atoms with van der Waals surface area (Å²) in [5, 5.41) is 9.57. The smallest absolute Gasteiger partial charge is 0.275 e. The minimum absolute atomic E-state index is 0.0277. The molecule has 2 rings (SSSR count). The highest BCUT2D eigenvalue weighted by atomic mass is 79.9. The number of amides is 2. The molecule has 7 heteroatoms. The molecule has 5 nitrogen and oxygen atoms in total. The number of aryl methyl sites for hydroxylation is 1. The van der Waals surface area contributed by atoms with Gasteiger partial charge in [-0.25, -0.2) is 0 Å². The zero-order chi connectivity index (χ0) is 17.5. The van der Waals surface area contributed by atoms with Gasteiger partial charge in [0.25, 0.3) is 5.91 Å². The first-order chi connectivity index (χ1) is 11.4. The van der Waals surface area contributed by atoms with Gasteiger partial charge in [-0.3, -0.25) is 9.59 Å². The molecule has 1 heterocycles. The molecule has 24 heavy (non-hydrogen) atoms. The van der Waals surface area contributed by atoms with Crippen molar-refractivity contribution >= 4 is 44.8 Å². The van der Waals surface area contributed by atoms with Crippen molar-refractivity contribution in [3.8, 4) is 0 Å². The quantitative estimate of drug-likeness (QED) is 0.648. The number of carbonyl (C=O) groups is 2. The Hall–Kier alpha value is -1.70. The Morgan fingerprint density at radius 3 is 2.71 bits per heavy atom. The number of nitrogens with one attached hydrogen (secondary N) is 3. The molecule has 0 aliphatic rings. The van der Waals surface area contributed by atoms with Gasteiger partial charge in [0.2, 0.25) is 5.91 Å². The van der Waals surface area contributed by atoms with Crippen LogP contribution in [-0.4, -0.2) is 32.0 Å². The van der Waals surface area contributed by atoms with Crippen LogP contribution in [0.1, 0.15) is 11.1 Å². The number of quaternary nitrogens is 1. The summed E-state index contributed by atoms with van der Waals surface area (Å²) in [7, 11) is 1.96. The Labute approximate surface area is 154 Å². The van der Waals surface area contributed by atoms with E-state index in [2.05, 4.69) is 38.0 Å². The lowest BCUT2D eigenvalue weighted by atomic mass is 10.2. The highest BCUT2D eigenvalue weighted by molar-refractivity contribution is 9.10. The molecule has 1 atom stereocenters. The van der Waals surface area contributed by atoms with Crippen molar-refractivity contribution in [3.05, 3.63) is 50.6 Å². The minimum Gasteiger partial charge on any atom is -0.342 e.